The van der Waals surface area contributed by atoms with E-state index >= 15 is 5.21 Å². The number of piperidine rings is 1. The summed E-state index contributed by atoms with van der Waals surface area (Å²) < 4.78 is 23.8. The average Bonchev–Trinajstić information content (AvgIpc) is 3.49. The second-order valence-corrected chi connectivity index (χ2v) is 13.5. The van der Waals surface area contributed by atoms with E-state index in [0.717, 1.165) is 0 Å². The number of para-hydroxylation sites is 1. The molecule has 0 unspecified atom stereocenters. The summed E-state index contributed by atoms with van der Waals surface area (Å²) in [7, 11) is 4.84. The zero-order valence-corrected chi connectivity index (χ0v) is 24.9. The number of hydroxylamine groups is 3. The Hall–Kier alpha value is -2.12. The number of carbonyl (C=O) groups excluding carboxylic acids is 2. The van der Waals surface area contributed by atoms with Gasteiger partial charge in [-0.05, 0) is 38.3 Å². The monoisotopic (exact) mass is 586 g/mol. The summed E-state index contributed by atoms with van der Waals surface area (Å²) in [6, 6.07) is 5.98. The number of ether oxygens (including phenoxy) is 4. The standard InChI is InChI=1S/C31H42N2O9/c1-6-33(38)25-19-14-22-29(33,42-27(35)17-9-7-8-10-20(17)32-16(2)34)12-11-24(40-4)30(22,25)23-13-18-21(39-3)15-28(19,36)31(23,37)26(18)41-5/h7-10,18-19,21-26,36-37H,6,11-15H2,1-5H3,(H,32,34)/t18-,19+,21+,22+,23-,24+,25-,26-,28+,29-,30-,31-,33-/m0/s1. The van der Waals surface area contributed by atoms with Gasteiger partial charge >= 0.3 is 5.97 Å². The summed E-state index contributed by atoms with van der Waals surface area (Å²) in [4.78, 5) is 25.9. The quantitative estimate of drug-likeness (QED) is 0.249. The maximum atomic E-state index is 15.6. The maximum absolute atomic E-state index is 15.6. The van der Waals surface area contributed by atoms with E-state index in [0.29, 0.717) is 31.4 Å². The zero-order chi connectivity index (χ0) is 30.0. The first kappa shape index (κ1) is 28.6. The van der Waals surface area contributed by atoms with Crippen LogP contribution >= 0.6 is 0 Å². The summed E-state index contributed by atoms with van der Waals surface area (Å²) in [6.07, 6.45) is 0.547. The molecule has 230 valence electrons. The van der Waals surface area contributed by atoms with Gasteiger partial charge < -0.3 is 44.3 Å². The number of hydrogen-bond acceptors (Lipinski definition) is 9. The highest BCUT2D eigenvalue weighted by atomic mass is 16.7. The van der Waals surface area contributed by atoms with E-state index < -0.39 is 62.9 Å². The van der Waals surface area contributed by atoms with E-state index in [1.165, 1.54) is 6.92 Å². The van der Waals surface area contributed by atoms with Crippen LogP contribution in [0, 0.1) is 34.3 Å². The van der Waals surface area contributed by atoms with Crippen molar-refractivity contribution >= 4 is 17.6 Å². The Morgan fingerprint density at radius 1 is 1.10 bits per heavy atom. The lowest BCUT2D eigenvalue weighted by atomic mass is 9.48. The molecule has 0 radical (unpaired) electrons. The fourth-order valence-electron chi connectivity index (χ4n) is 11.8. The SMILES string of the molecule is CC[N@+]1([O-])[C@H]2[C@H]3C[C@H]4[C@@]2([C@H](OC)CC[C@]41OC(=O)c1ccccc1NC(C)=O)[C@@H]1C[C@H]2[C@H](OC)C[C@]3(O)[C@@]1(O)[C@H]2OC. The van der Waals surface area contributed by atoms with Crippen LogP contribution in [0.3, 0.4) is 0 Å². The molecule has 6 aliphatic rings. The molecule has 5 saturated carbocycles. The molecule has 3 N–H and O–H groups in total. The number of quaternary nitrogens is 1. The lowest BCUT2D eigenvalue weighted by Gasteiger charge is -2.65. The highest BCUT2D eigenvalue weighted by Crippen LogP contribution is 2.83. The predicted molar refractivity (Wildman–Crippen MR) is 149 cm³/mol. The molecule has 1 amide bonds. The van der Waals surface area contributed by atoms with Crippen LogP contribution in [0.5, 0.6) is 0 Å². The van der Waals surface area contributed by atoms with Gasteiger partial charge in [-0.3, -0.25) is 4.79 Å². The molecule has 11 heteroatoms. The number of amides is 1. The fourth-order valence-corrected chi connectivity index (χ4v) is 11.8. The number of hydrogen-bond donors (Lipinski definition) is 3. The first-order valence-corrected chi connectivity index (χ1v) is 15.2. The van der Waals surface area contributed by atoms with Gasteiger partial charge in [-0.2, -0.15) is 0 Å². The van der Waals surface area contributed by atoms with Crippen LogP contribution in [0.25, 0.3) is 0 Å². The van der Waals surface area contributed by atoms with Crippen molar-refractivity contribution in [3.05, 3.63) is 35.0 Å². The summed E-state index contributed by atoms with van der Waals surface area (Å²) in [6.45, 7) is 3.31. The fraction of sp³-hybridized carbons (Fsp3) is 0.742. The van der Waals surface area contributed by atoms with Crippen molar-refractivity contribution in [3.8, 4) is 0 Å². The van der Waals surface area contributed by atoms with Gasteiger partial charge in [0, 0.05) is 58.8 Å². The molecule has 0 aromatic heterocycles. The van der Waals surface area contributed by atoms with Gasteiger partial charge in [0.05, 0.1) is 47.4 Å². The predicted octanol–water partition coefficient (Wildman–Crippen LogP) is 2.19. The molecule has 1 saturated heterocycles. The third-order valence-electron chi connectivity index (χ3n) is 12.7. The lowest BCUT2D eigenvalue weighted by Crippen LogP contribution is -2.80. The van der Waals surface area contributed by atoms with E-state index in [4.69, 9.17) is 18.9 Å². The summed E-state index contributed by atoms with van der Waals surface area (Å²) in [5.41, 5.74) is -5.01. The van der Waals surface area contributed by atoms with E-state index in [2.05, 4.69) is 5.32 Å². The Morgan fingerprint density at radius 3 is 2.48 bits per heavy atom. The van der Waals surface area contributed by atoms with Crippen molar-refractivity contribution in [2.45, 2.75) is 87.2 Å². The van der Waals surface area contributed by atoms with Crippen molar-refractivity contribution in [2.24, 2.45) is 29.1 Å². The van der Waals surface area contributed by atoms with Crippen LogP contribution in [0.15, 0.2) is 24.3 Å². The Balaban J connectivity index is 1.40. The van der Waals surface area contributed by atoms with Gasteiger partial charge in [0.2, 0.25) is 5.91 Å². The lowest BCUT2D eigenvalue weighted by molar-refractivity contribution is -0.975. The number of nitrogens with zero attached hydrogens (tertiary/aromatic N) is 1. The molecule has 1 aliphatic heterocycles. The minimum absolute atomic E-state index is 0.128. The normalized spacial score (nSPS) is 51.0. The number of likely N-dealkylation sites (tertiary alicyclic amines) is 1. The smallest absolute Gasteiger partial charge is 0.344 e. The number of rotatable bonds is 7. The average molecular weight is 587 g/mol. The first-order valence-electron chi connectivity index (χ1n) is 15.2. The van der Waals surface area contributed by atoms with Crippen LogP contribution in [0.4, 0.5) is 5.69 Å². The number of esters is 1. The van der Waals surface area contributed by atoms with Crippen LogP contribution in [0.2, 0.25) is 0 Å². The van der Waals surface area contributed by atoms with E-state index in [-0.39, 0.29) is 42.6 Å². The van der Waals surface area contributed by atoms with Crippen molar-refractivity contribution in [1.82, 2.24) is 0 Å². The van der Waals surface area contributed by atoms with Gasteiger partial charge in [-0.1, -0.05) is 12.1 Å². The zero-order valence-electron chi connectivity index (χ0n) is 24.9. The molecule has 1 aromatic carbocycles. The molecular formula is C31H42N2O9. The summed E-state index contributed by atoms with van der Waals surface area (Å²) in [5, 5.41) is 43.7. The number of carbonyl (C=O) groups is 2. The van der Waals surface area contributed by atoms with E-state index in [1.807, 2.05) is 6.92 Å². The second-order valence-electron chi connectivity index (χ2n) is 13.5. The number of nitrogens with one attached hydrogen (secondary N) is 1. The van der Waals surface area contributed by atoms with Crippen molar-refractivity contribution in [3.63, 3.8) is 0 Å². The third kappa shape index (κ3) is 2.87. The maximum Gasteiger partial charge on any atom is 0.344 e. The molecule has 1 heterocycles. The molecule has 6 fully saturated rings. The van der Waals surface area contributed by atoms with E-state index in [9.17, 15) is 19.8 Å². The molecule has 42 heavy (non-hydrogen) atoms. The highest BCUT2D eigenvalue weighted by molar-refractivity contribution is 6.00. The molecular weight excluding hydrogens is 544 g/mol. The molecule has 7 bridgehead atoms. The number of aliphatic hydroxyl groups is 2. The molecule has 1 spiro atoms. The van der Waals surface area contributed by atoms with Crippen LogP contribution in [-0.4, -0.2) is 95.9 Å². The Bertz CT molecular complexity index is 1330. The Labute approximate surface area is 245 Å². The van der Waals surface area contributed by atoms with Crippen molar-refractivity contribution in [1.29, 1.82) is 0 Å². The number of benzene rings is 1. The molecule has 7 rings (SSSR count). The second kappa shape index (κ2) is 8.97. The van der Waals surface area contributed by atoms with Crippen LogP contribution in [0.1, 0.15) is 56.3 Å². The van der Waals surface area contributed by atoms with Gasteiger partial charge in [-0.15, -0.1) is 0 Å². The van der Waals surface area contributed by atoms with Crippen molar-refractivity contribution in [2.75, 3.05) is 33.2 Å². The molecule has 13 atom stereocenters. The van der Waals surface area contributed by atoms with Crippen LogP contribution in [-0.2, 0) is 23.7 Å². The summed E-state index contributed by atoms with van der Waals surface area (Å²) >= 11 is 0. The Morgan fingerprint density at radius 2 is 1.83 bits per heavy atom. The van der Waals surface area contributed by atoms with Crippen LogP contribution < -0.4 is 5.32 Å². The molecule has 5 aliphatic carbocycles. The van der Waals surface area contributed by atoms with E-state index in [1.54, 1.807) is 45.6 Å². The van der Waals surface area contributed by atoms with Gasteiger partial charge in [-0.25, -0.2) is 4.79 Å². The number of anilines is 1. The highest BCUT2D eigenvalue weighted by Gasteiger charge is 2.95. The minimum Gasteiger partial charge on any atom is -0.630 e. The molecule has 11 nitrogen and oxygen atoms in total. The van der Waals surface area contributed by atoms with Gasteiger partial charge in [0.25, 0.3) is 5.72 Å². The van der Waals surface area contributed by atoms with Gasteiger partial charge in [0.15, 0.2) is 0 Å². The Kier molecular flexibility index (Phi) is 6.11. The number of methoxy groups -OCH3 is 3. The topological polar surface area (TPSA) is 147 Å². The molecule has 1 aromatic rings. The largest absolute Gasteiger partial charge is 0.630 e. The number of fused-ring (bicyclic) bond motifs is 2. The summed E-state index contributed by atoms with van der Waals surface area (Å²) in [5.74, 6) is -2.70. The minimum atomic E-state index is -1.62. The third-order valence-corrected chi connectivity index (χ3v) is 12.7. The first-order chi connectivity index (χ1) is 20.0. The van der Waals surface area contributed by atoms with Crippen molar-refractivity contribution < 1.29 is 43.4 Å². The van der Waals surface area contributed by atoms with Gasteiger partial charge in [0.1, 0.15) is 17.2 Å².